The van der Waals surface area contributed by atoms with Crippen LogP contribution in [0.4, 0.5) is 0 Å². The number of H-pyrrole nitrogens is 1. The maximum Gasteiger partial charge on any atom is 0.475 e. The summed E-state index contributed by atoms with van der Waals surface area (Å²) in [6.07, 6.45) is -0.380. The van der Waals surface area contributed by atoms with E-state index in [0.29, 0.717) is 5.56 Å². The zero-order valence-corrected chi connectivity index (χ0v) is 22.2. The van der Waals surface area contributed by atoms with E-state index in [4.69, 9.17) is 22.7 Å². The first-order valence-corrected chi connectivity index (χ1v) is 15.3. The Labute approximate surface area is 190 Å². The molecule has 0 bridgehead atoms. The molecule has 184 valence electrons. The number of aryl methyl sites for hydroxylation is 1. The SMILES string of the molecule is CCOP(=O)(OCC)O[C@H]1C[C@H](n2cc(C)c(=O)[nH]c2=O)O[C@@H]1CO[Si](C)(C)C(C)(C)C. The summed E-state index contributed by atoms with van der Waals surface area (Å²) < 4.78 is 43.2. The van der Waals surface area contributed by atoms with E-state index in [0.717, 1.165) is 0 Å². The first kappa shape index (κ1) is 27.2. The third-order valence-electron chi connectivity index (χ3n) is 5.89. The number of aromatic nitrogens is 2. The Morgan fingerprint density at radius 2 is 1.81 bits per heavy atom. The fourth-order valence-electron chi connectivity index (χ4n) is 3.02. The van der Waals surface area contributed by atoms with Crippen LogP contribution in [0, 0.1) is 6.92 Å². The van der Waals surface area contributed by atoms with Crippen molar-refractivity contribution in [3.63, 3.8) is 0 Å². The zero-order chi connectivity index (χ0) is 24.3. The summed E-state index contributed by atoms with van der Waals surface area (Å²) in [4.78, 5) is 26.4. The minimum Gasteiger partial charge on any atom is -0.414 e. The average Bonchev–Trinajstić information content (AvgIpc) is 3.04. The molecule has 10 nitrogen and oxygen atoms in total. The molecule has 1 fully saturated rings. The molecule has 0 amide bonds. The minimum absolute atomic E-state index is 0.0136. The molecule has 1 aromatic rings. The van der Waals surface area contributed by atoms with Gasteiger partial charge in [-0.15, -0.1) is 0 Å². The normalized spacial score (nSPS) is 22.4. The van der Waals surface area contributed by atoms with Crippen LogP contribution in [0.2, 0.25) is 18.1 Å². The van der Waals surface area contributed by atoms with Crippen molar-refractivity contribution in [2.75, 3.05) is 19.8 Å². The lowest BCUT2D eigenvalue weighted by Gasteiger charge is -2.37. The fraction of sp³-hybridized carbons (Fsp3) is 0.800. The quantitative estimate of drug-likeness (QED) is 0.388. The first-order valence-electron chi connectivity index (χ1n) is 10.9. The Kier molecular flexibility index (Phi) is 8.88. The first-order chi connectivity index (χ1) is 14.7. The highest BCUT2D eigenvalue weighted by Gasteiger charge is 2.45. The van der Waals surface area contributed by atoms with Crippen molar-refractivity contribution in [3.8, 4) is 0 Å². The van der Waals surface area contributed by atoms with Crippen LogP contribution >= 0.6 is 7.82 Å². The lowest BCUT2D eigenvalue weighted by atomic mass is 10.2. The van der Waals surface area contributed by atoms with Crippen LogP contribution in [0.3, 0.4) is 0 Å². The monoisotopic (exact) mass is 492 g/mol. The van der Waals surface area contributed by atoms with Gasteiger partial charge in [0.25, 0.3) is 5.56 Å². The second-order valence-corrected chi connectivity index (χ2v) is 15.8. The molecule has 0 aromatic carbocycles. The molecule has 1 aliphatic heterocycles. The number of nitrogens with one attached hydrogen (secondary N) is 1. The van der Waals surface area contributed by atoms with Crippen molar-refractivity contribution in [1.29, 1.82) is 0 Å². The zero-order valence-electron chi connectivity index (χ0n) is 20.3. The van der Waals surface area contributed by atoms with E-state index in [2.05, 4.69) is 38.8 Å². The standard InChI is InChI=1S/C20H37N2O8PSi/c1-9-26-31(25,27-10-2)30-15-11-17(22-12-14(3)18(23)21-19(22)24)29-16(15)13-28-32(7,8)20(4,5)6/h12,15-17H,9-11,13H2,1-8H3,(H,21,23,24)/t15-,16+,17+/m0/s1. The summed E-state index contributed by atoms with van der Waals surface area (Å²) in [5.74, 6) is 0. The predicted molar refractivity (Wildman–Crippen MR) is 123 cm³/mol. The molecule has 2 rings (SSSR count). The number of ether oxygens (including phenoxy) is 1. The van der Waals surface area contributed by atoms with Gasteiger partial charge in [0.05, 0.1) is 19.8 Å². The molecular formula is C20H37N2O8PSi. The molecule has 2 heterocycles. The van der Waals surface area contributed by atoms with Crippen LogP contribution in [-0.2, 0) is 27.3 Å². The van der Waals surface area contributed by atoms with Gasteiger partial charge in [0.15, 0.2) is 8.32 Å². The molecule has 3 atom stereocenters. The fourth-order valence-corrected chi connectivity index (χ4v) is 5.42. The van der Waals surface area contributed by atoms with E-state index >= 15 is 0 Å². The minimum atomic E-state index is -3.82. The van der Waals surface area contributed by atoms with Crippen molar-refractivity contribution in [2.45, 2.75) is 84.5 Å². The summed E-state index contributed by atoms with van der Waals surface area (Å²) in [6.45, 7) is 16.1. The molecule has 12 heteroatoms. The van der Waals surface area contributed by atoms with Gasteiger partial charge >= 0.3 is 13.5 Å². The van der Waals surface area contributed by atoms with E-state index in [-0.39, 0.29) is 31.3 Å². The second-order valence-electron chi connectivity index (χ2n) is 9.34. The Hall–Kier alpha value is -1.07. The van der Waals surface area contributed by atoms with Gasteiger partial charge in [0.1, 0.15) is 18.4 Å². The number of phosphoric ester groups is 1. The number of aromatic amines is 1. The summed E-state index contributed by atoms with van der Waals surface area (Å²) in [7, 11) is -5.92. The van der Waals surface area contributed by atoms with Gasteiger partial charge in [0.2, 0.25) is 0 Å². The lowest BCUT2D eigenvalue weighted by molar-refractivity contribution is -0.0449. The Bertz CT molecular complexity index is 929. The Morgan fingerprint density at radius 3 is 2.34 bits per heavy atom. The maximum atomic E-state index is 13.0. The van der Waals surface area contributed by atoms with Gasteiger partial charge in [0, 0.05) is 18.2 Å². The van der Waals surface area contributed by atoms with E-state index in [1.54, 1.807) is 20.8 Å². The smallest absolute Gasteiger partial charge is 0.414 e. The van der Waals surface area contributed by atoms with E-state index in [1.165, 1.54) is 10.8 Å². The number of hydrogen-bond acceptors (Lipinski definition) is 8. The highest BCUT2D eigenvalue weighted by molar-refractivity contribution is 7.48. The van der Waals surface area contributed by atoms with Gasteiger partial charge in [-0.05, 0) is 38.9 Å². The predicted octanol–water partition coefficient (Wildman–Crippen LogP) is 3.72. The lowest BCUT2D eigenvalue weighted by Crippen LogP contribution is -2.44. The number of phosphoric acid groups is 1. The van der Waals surface area contributed by atoms with Crippen LogP contribution in [0.25, 0.3) is 0 Å². The molecule has 1 aromatic heterocycles. The van der Waals surface area contributed by atoms with Crippen LogP contribution in [0.1, 0.15) is 52.8 Å². The number of hydrogen-bond donors (Lipinski definition) is 1. The van der Waals surface area contributed by atoms with Crippen molar-refractivity contribution in [2.24, 2.45) is 0 Å². The largest absolute Gasteiger partial charge is 0.475 e. The van der Waals surface area contributed by atoms with Gasteiger partial charge in [-0.25, -0.2) is 9.36 Å². The molecule has 0 aliphatic carbocycles. The summed E-state index contributed by atoms with van der Waals surface area (Å²) in [6, 6.07) is 0. The van der Waals surface area contributed by atoms with E-state index < -0.39 is 45.8 Å². The van der Waals surface area contributed by atoms with Crippen LogP contribution in [0.15, 0.2) is 15.8 Å². The molecule has 0 saturated carbocycles. The second kappa shape index (κ2) is 10.5. The van der Waals surface area contributed by atoms with Gasteiger partial charge in [-0.2, -0.15) is 0 Å². The summed E-state index contributed by atoms with van der Waals surface area (Å²) in [5, 5.41) is -0.0136. The topological polar surface area (TPSA) is 118 Å². The molecular weight excluding hydrogens is 455 g/mol. The third-order valence-corrected chi connectivity index (χ3v) is 12.1. The molecule has 1 aliphatic rings. The van der Waals surface area contributed by atoms with Gasteiger partial charge < -0.3 is 9.16 Å². The molecule has 0 unspecified atom stereocenters. The van der Waals surface area contributed by atoms with E-state index in [1.807, 2.05) is 0 Å². The van der Waals surface area contributed by atoms with Gasteiger partial charge in [-0.1, -0.05) is 20.8 Å². The summed E-state index contributed by atoms with van der Waals surface area (Å²) >= 11 is 0. The third kappa shape index (κ3) is 6.50. The van der Waals surface area contributed by atoms with Crippen LogP contribution in [0.5, 0.6) is 0 Å². The molecule has 1 N–H and O–H groups in total. The summed E-state index contributed by atoms with van der Waals surface area (Å²) in [5.41, 5.74) is -0.666. The van der Waals surface area contributed by atoms with Gasteiger partial charge in [-0.3, -0.25) is 27.9 Å². The highest BCUT2D eigenvalue weighted by Crippen LogP contribution is 2.53. The van der Waals surface area contributed by atoms with Crippen LogP contribution < -0.4 is 11.2 Å². The highest BCUT2D eigenvalue weighted by atomic mass is 31.2. The van der Waals surface area contributed by atoms with Crippen molar-refractivity contribution in [1.82, 2.24) is 9.55 Å². The molecule has 32 heavy (non-hydrogen) atoms. The Balaban J connectivity index is 2.32. The molecule has 0 radical (unpaired) electrons. The van der Waals surface area contributed by atoms with E-state index in [9.17, 15) is 14.2 Å². The van der Waals surface area contributed by atoms with Crippen LogP contribution in [-0.4, -0.2) is 49.9 Å². The van der Waals surface area contributed by atoms with Crippen molar-refractivity contribution >= 4 is 16.1 Å². The maximum absolute atomic E-state index is 13.0. The average molecular weight is 493 g/mol. The Morgan fingerprint density at radius 1 is 1.22 bits per heavy atom. The molecule has 0 spiro atoms. The number of nitrogens with zero attached hydrogens (tertiary/aromatic N) is 1. The van der Waals surface area contributed by atoms with Crippen molar-refractivity contribution in [3.05, 3.63) is 32.6 Å². The molecule has 1 saturated heterocycles. The number of rotatable bonds is 10. The van der Waals surface area contributed by atoms with Crippen molar-refractivity contribution < 1.29 is 27.3 Å².